The van der Waals surface area contributed by atoms with Crippen LogP contribution >= 0.6 is 0 Å². The summed E-state index contributed by atoms with van der Waals surface area (Å²) in [5, 5.41) is 2.66. The van der Waals surface area contributed by atoms with E-state index in [0.717, 1.165) is 64.8 Å². The van der Waals surface area contributed by atoms with Gasteiger partial charge in [0, 0.05) is 25.6 Å². The van der Waals surface area contributed by atoms with Crippen LogP contribution < -0.4 is 0 Å². The number of fused-ring (bicyclic) bond motifs is 1. The molecular formula is C29H34N2O. The number of carbonyl (C=O) groups is 1. The maximum absolute atomic E-state index is 13.2. The first-order chi connectivity index (χ1) is 15.8. The lowest BCUT2D eigenvalue weighted by Gasteiger charge is -2.37. The molecule has 3 aromatic rings. The third kappa shape index (κ3) is 4.88. The van der Waals surface area contributed by atoms with E-state index in [2.05, 4.69) is 82.6 Å². The lowest BCUT2D eigenvalue weighted by atomic mass is 9.88. The van der Waals surface area contributed by atoms with Crippen LogP contribution in [0.25, 0.3) is 10.8 Å². The quantitative estimate of drug-likeness (QED) is 0.535. The van der Waals surface area contributed by atoms with Crippen LogP contribution in [0.2, 0.25) is 0 Å². The van der Waals surface area contributed by atoms with Gasteiger partial charge in [0.1, 0.15) is 0 Å². The van der Waals surface area contributed by atoms with E-state index in [1.807, 2.05) is 0 Å². The summed E-state index contributed by atoms with van der Waals surface area (Å²) in [5.41, 5.74) is 2.82. The van der Waals surface area contributed by atoms with Gasteiger partial charge in [-0.1, -0.05) is 72.8 Å². The van der Waals surface area contributed by atoms with Crippen molar-refractivity contribution < 1.29 is 4.79 Å². The first-order valence-electron chi connectivity index (χ1n) is 12.3. The molecule has 1 amide bonds. The highest BCUT2D eigenvalue weighted by molar-refractivity contribution is 5.85. The van der Waals surface area contributed by atoms with Crippen molar-refractivity contribution in [2.24, 2.45) is 11.8 Å². The van der Waals surface area contributed by atoms with Gasteiger partial charge in [0.25, 0.3) is 0 Å². The summed E-state index contributed by atoms with van der Waals surface area (Å²) < 4.78 is 0. The molecule has 0 aromatic heterocycles. The molecule has 0 saturated carbocycles. The van der Waals surface area contributed by atoms with Gasteiger partial charge in [-0.25, -0.2) is 0 Å². The van der Waals surface area contributed by atoms with Gasteiger partial charge in [-0.15, -0.1) is 0 Å². The summed E-state index contributed by atoms with van der Waals surface area (Å²) in [7, 11) is 0. The minimum absolute atomic E-state index is 0.212. The zero-order chi connectivity index (χ0) is 21.8. The summed E-state index contributed by atoms with van der Waals surface area (Å²) in [5.74, 6) is 1.33. The summed E-state index contributed by atoms with van der Waals surface area (Å²) in [6, 6.07) is 26.0. The summed E-state index contributed by atoms with van der Waals surface area (Å²) in [6.07, 6.45) is 5.41. The molecule has 0 spiro atoms. The number of carbonyl (C=O) groups excluding carboxylic acids is 1. The van der Waals surface area contributed by atoms with Crippen molar-refractivity contribution in [2.75, 3.05) is 26.2 Å². The van der Waals surface area contributed by atoms with Gasteiger partial charge in [-0.2, -0.15) is 0 Å². The van der Waals surface area contributed by atoms with Gasteiger partial charge < -0.3 is 4.90 Å². The summed E-state index contributed by atoms with van der Waals surface area (Å²) >= 11 is 0. The van der Waals surface area contributed by atoms with E-state index < -0.39 is 0 Å². The van der Waals surface area contributed by atoms with Crippen LogP contribution in [0.3, 0.4) is 0 Å². The highest BCUT2D eigenvalue weighted by atomic mass is 16.2. The van der Waals surface area contributed by atoms with E-state index >= 15 is 0 Å². The molecule has 0 radical (unpaired) electrons. The third-order valence-electron chi connectivity index (χ3n) is 7.50. The molecule has 2 saturated heterocycles. The average Bonchev–Trinajstić information content (AvgIpc) is 2.85. The molecule has 2 heterocycles. The van der Waals surface area contributed by atoms with Crippen molar-refractivity contribution in [3.8, 4) is 0 Å². The number of hydrogen-bond donors (Lipinski definition) is 0. The molecule has 0 atom stereocenters. The average molecular weight is 427 g/mol. The van der Waals surface area contributed by atoms with Gasteiger partial charge in [0.15, 0.2) is 0 Å². The molecule has 3 aromatic carbocycles. The van der Waals surface area contributed by atoms with E-state index in [0.29, 0.717) is 11.8 Å². The van der Waals surface area contributed by atoms with Crippen molar-refractivity contribution >= 4 is 16.7 Å². The topological polar surface area (TPSA) is 23.6 Å². The Morgan fingerprint density at radius 2 is 1.44 bits per heavy atom. The smallest absolute Gasteiger partial charge is 0.225 e. The number of hydrogen-bond acceptors (Lipinski definition) is 2. The largest absolute Gasteiger partial charge is 0.342 e. The van der Waals surface area contributed by atoms with Crippen molar-refractivity contribution in [2.45, 2.75) is 38.6 Å². The van der Waals surface area contributed by atoms with Crippen LogP contribution in [-0.4, -0.2) is 41.9 Å². The molecule has 5 rings (SSSR count). The molecule has 0 aliphatic carbocycles. The van der Waals surface area contributed by atoms with Crippen LogP contribution in [0, 0.1) is 11.8 Å². The van der Waals surface area contributed by atoms with Crippen molar-refractivity contribution in [1.82, 2.24) is 9.80 Å². The number of rotatable bonds is 5. The molecule has 3 nitrogen and oxygen atoms in total. The molecule has 166 valence electrons. The molecule has 3 heteroatoms. The molecule has 0 bridgehead atoms. The number of amides is 1. The normalized spacial score (nSPS) is 18.8. The highest BCUT2D eigenvalue weighted by Gasteiger charge is 2.31. The van der Waals surface area contributed by atoms with Crippen LogP contribution in [0.5, 0.6) is 0 Å². The van der Waals surface area contributed by atoms with Gasteiger partial charge >= 0.3 is 0 Å². The molecule has 0 N–H and O–H groups in total. The number of nitrogens with zero attached hydrogens (tertiary/aromatic N) is 2. The van der Waals surface area contributed by atoms with Crippen LogP contribution in [-0.2, 0) is 17.8 Å². The third-order valence-corrected chi connectivity index (χ3v) is 7.50. The van der Waals surface area contributed by atoms with Gasteiger partial charge in [0.05, 0.1) is 0 Å². The Bertz CT molecular complexity index is 1030. The second kappa shape index (κ2) is 9.87. The fourth-order valence-corrected chi connectivity index (χ4v) is 5.57. The summed E-state index contributed by atoms with van der Waals surface area (Å²) in [6.45, 7) is 4.89. The van der Waals surface area contributed by atoms with Gasteiger partial charge in [-0.3, -0.25) is 9.69 Å². The van der Waals surface area contributed by atoms with E-state index in [-0.39, 0.29) is 5.92 Å². The van der Waals surface area contributed by atoms with Gasteiger partial charge in [0.2, 0.25) is 5.91 Å². The second-order valence-corrected chi connectivity index (χ2v) is 9.65. The maximum Gasteiger partial charge on any atom is 0.225 e. The molecule has 32 heavy (non-hydrogen) atoms. The lowest BCUT2D eigenvalue weighted by molar-refractivity contribution is -0.138. The molecule has 2 aliphatic heterocycles. The molecule has 2 aliphatic rings. The Balaban J connectivity index is 1.10. The Morgan fingerprint density at radius 1 is 0.750 bits per heavy atom. The zero-order valence-corrected chi connectivity index (χ0v) is 19.0. The molecule has 0 unspecified atom stereocenters. The highest BCUT2D eigenvalue weighted by Crippen LogP contribution is 2.27. The fourth-order valence-electron chi connectivity index (χ4n) is 5.57. The van der Waals surface area contributed by atoms with Crippen molar-refractivity contribution in [3.05, 3.63) is 83.9 Å². The predicted molar refractivity (Wildman–Crippen MR) is 131 cm³/mol. The van der Waals surface area contributed by atoms with Crippen LogP contribution in [0.15, 0.2) is 72.8 Å². The SMILES string of the molecule is O=C(C1CCN(Cc2cccc3ccccc23)CC1)N1CCC(Cc2ccccc2)CC1. The van der Waals surface area contributed by atoms with Crippen LogP contribution in [0.4, 0.5) is 0 Å². The summed E-state index contributed by atoms with van der Waals surface area (Å²) in [4.78, 5) is 17.9. The lowest BCUT2D eigenvalue weighted by Crippen LogP contribution is -2.45. The minimum Gasteiger partial charge on any atom is -0.342 e. The Hall–Kier alpha value is -2.65. The van der Waals surface area contributed by atoms with Gasteiger partial charge in [-0.05, 0) is 73.0 Å². The minimum atomic E-state index is 0.212. The Kier molecular flexibility index (Phi) is 6.54. The van der Waals surface area contributed by atoms with E-state index in [1.54, 1.807) is 0 Å². The monoisotopic (exact) mass is 426 g/mol. The number of piperidine rings is 2. The van der Waals surface area contributed by atoms with E-state index in [9.17, 15) is 4.79 Å². The van der Waals surface area contributed by atoms with E-state index in [1.165, 1.54) is 21.9 Å². The first kappa shape index (κ1) is 21.2. The first-order valence-corrected chi connectivity index (χ1v) is 12.3. The number of likely N-dealkylation sites (tertiary alicyclic amines) is 2. The Labute approximate surface area is 192 Å². The second-order valence-electron chi connectivity index (χ2n) is 9.65. The Morgan fingerprint density at radius 3 is 2.22 bits per heavy atom. The van der Waals surface area contributed by atoms with E-state index in [4.69, 9.17) is 0 Å². The standard InChI is InChI=1S/C29H34N2O/c32-29(31-19-13-24(14-20-31)21-23-7-2-1-3-8-23)26-15-17-30(18-16-26)22-27-11-6-10-25-9-4-5-12-28(25)27/h1-12,24,26H,13-22H2. The van der Waals surface area contributed by atoms with Crippen molar-refractivity contribution in [1.29, 1.82) is 0 Å². The number of benzene rings is 3. The predicted octanol–water partition coefficient (Wildman–Crippen LogP) is 5.53. The molecular weight excluding hydrogens is 392 g/mol. The maximum atomic E-state index is 13.2. The molecule has 2 fully saturated rings. The van der Waals surface area contributed by atoms with Crippen molar-refractivity contribution in [3.63, 3.8) is 0 Å². The van der Waals surface area contributed by atoms with Crippen LogP contribution in [0.1, 0.15) is 36.8 Å². The zero-order valence-electron chi connectivity index (χ0n) is 19.0. The fraction of sp³-hybridized carbons (Fsp3) is 0.414.